The van der Waals surface area contributed by atoms with Crippen LogP contribution in [0.4, 0.5) is 13.2 Å². The summed E-state index contributed by atoms with van der Waals surface area (Å²) >= 11 is 1.17. The van der Waals surface area contributed by atoms with E-state index in [4.69, 9.17) is 0 Å². The number of thiophene rings is 1. The molecule has 1 aliphatic rings. The number of hydrogen-bond acceptors (Lipinski definition) is 4. The van der Waals surface area contributed by atoms with Crippen LogP contribution in [0.3, 0.4) is 0 Å². The summed E-state index contributed by atoms with van der Waals surface area (Å²) in [5.41, 5.74) is -0.583. The topological polar surface area (TPSA) is 50.2 Å². The standard InChI is InChI=1S/C14H15F3N4OS/c1-20-12(14(15,16)17)8-9(19-20)10-2-3-11(23-10)13(22)21-6-4-18-5-7-21/h2-3,8,18H,4-7H2,1H3. The fourth-order valence-corrected chi connectivity index (χ4v) is 3.40. The van der Waals surface area contributed by atoms with Crippen molar-refractivity contribution < 1.29 is 18.0 Å². The summed E-state index contributed by atoms with van der Waals surface area (Å²) in [4.78, 5) is 15.2. The Morgan fingerprint density at radius 1 is 1.30 bits per heavy atom. The molecule has 3 heterocycles. The second kappa shape index (κ2) is 5.97. The number of rotatable bonds is 2. The predicted molar refractivity (Wildman–Crippen MR) is 80.3 cm³/mol. The van der Waals surface area contributed by atoms with Crippen LogP contribution in [0, 0.1) is 0 Å². The zero-order valence-electron chi connectivity index (χ0n) is 12.4. The molecule has 0 saturated carbocycles. The Bertz CT molecular complexity index is 716. The van der Waals surface area contributed by atoms with Crippen molar-refractivity contribution in [2.24, 2.45) is 7.05 Å². The fourth-order valence-electron chi connectivity index (χ4n) is 2.47. The van der Waals surface area contributed by atoms with Crippen molar-refractivity contribution in [2.75, 3.05) is 26.2 Å². The summed E-state index contributed by atoms with van der Waals surface area (Å²) in [5, 5.41) is 7.07. The van der Waals surface area contributed by atoms with Crippen LogP contribution in [0.2, 0.25) is 0 Å². The van der Waals surface area contributed by atoms with E-state index in [1.165, 1.54) is 18.4 Å². The Morgan fingerprint density at radius 2 is 2.00 bits per heavy atom. The number of aryl methyl sites for hydroxylation is 1. The quantitative estimate of drug-likeness (QED) is 0.909. The highest BCUT2D eigenvalue weighted by atomic mass is 32.1. The molecule has 0 aromatic carbocycles. The van der Waals surface area contributed by atoms with Crippen molar-refractivity contribution in [3.05, 3.63) is 28.8 Å². The number of carbonyl (C=O) groups excluding carboxylic acids is 1. The van der Waals surface area contributed by atoms with E-state index in [-0.39, 0.29) is 11.6 Å². The minimum Gasteiger partial charge on any atom is -0.335 e. The lowest BCUT2D eigenvalue weighted by Crippen LogP contribution is -2.46. The van der Waals surface area contributed by atoms with E-state index in [1.807, 2.05) is 0 Å². The third-order valence-electron chi connectivity index (χ3n) is 3.64. The molecular formula is C14H15F3N4OS. The molecule has 9 heteroatoms. The number of aromatic nitrogens is 2. The first-order chi connectivity index (χ1) is 10.9. The molecule has 1 saturated heterocycles. The van der Waals surface area contributed by atoms with Crippen LogP contribution < -0.4 is 5.32 Å². The van der Waals surface area contributed by atoms with Crippen molar-refractivity contribution in [1.82, 2.24) is 20.0 Å². The van der Waals surface area contributed by atoms with E-state index >= 15 is 0 Å². The Morgan fingerprint density at radius 3 is 2.61 bits per heavy atom. The van der Waals surface area contributed by atoms with Crippen molar-refractivity contribution >= 4 is 17.2 Å². The highest BCUT2D eigenvalue weighted by Crippen LogP contribution is 2.34. The first-order valence-electron chi connectivity index (χ1n) is 7.07. The van der Waals surface area contributed by atoms with Crippen LogP contribution in [-0.2, 0) is 13.2 Å². The van der Waals surface area contributed by atoms with Gasteiger partial charge in [-0.15, -0.1) is 11.3 Å². The highest BCUT2D eigenvalue weighted by Gasteiger charge is 2.35. The molecule has 124 valence electrons. The maximum absolute atomic E-state index is 12.8. The van der Waals surface area contributed by atoms with E-state index in [0.717, 1.165) is 23.8 Å². The van der Waals surface area contributed by atoms with Gasteiger partial charge in [-0.05, 0) is 18.2 Å². The Hall–Kier alpha value is -1.87. The zero-order valence-corrected chi connectivity index (χ0v) is 13.2. The number of carbonyl (C=O) groups is 1. The number of nitrogens with one attached hydrogen (secondary N) is 1. The van der Waals surface area contributed by atoms with Crippen LogP contribution in [-0.4, -0.2) is 46.8 Å². The van der Waals surface area contributed by atoms with E-state index < -0.39 is 11.9 Å². The molecule has 1 fully saturated rings. The zero-order chi connectivity index (χ0) is 16.6. The average molecular weight is 344 g/mol. The lowest BCUT2D eigenvalue weighted by Gasteiger charge is -2.26. The van der Waals surface area contributed by atoms with Crippen LogP contribution >= 0.6 is 11.3 Å². The third-order valence-corrected chi connectivity index (χ3v) is 4.74. The molecule has 3 rings (SSSR count). The lowest BCUT2D eigenvalue weighted by molar-refractivity contribution is -0.143. The average Bonchev–Trinajstić information content (AvgIpc) is 3.13. The van der Waals surface area contributed by atoms with Crippen LogP contribution in [0.1, 0.15) is 15.4 Å². The second-order valence-corrected chi connectivity index (χ2v) is 6.33. The van der Waals surface area contributed by atoms with Crippen molar-refractivity contribution in [2.45, 2.75) is 6.18 Å². The summed E-state index contributed by atoms with van der Waals surface area (Å²) in [5.74, 6) is -0.0882. The minimum atomic E-state index is -4.45. The van der Waals surface area contributed by atoms with Gasteiger partial charge in [0.2, 0.25) is 0 Å². The fraction of sp³-hybridized carbons (Fsp3) is 0.429. The summed E-state index contributed by atoms with van der Waals surface area (Å²) in [6.07, 6.45) is -4.45. The van der Waals surface area contributed by atoms with Gasteiger partial charge in [-0.2, -0.15) is 18.3 Å². The third kappa shape index (κ3) is 3.25. The van der Waals surface area contributed by atoms with Gasteiger partial charge in [-0.25, -0.2) is 0 Å². The molecule has 0 aliphatic carbocycles. The summed E-state index contributed by atoms with van der Waals surface area (Å²) in [6, 6.07) is 4.29. The van der Waals surface area contributed by atoms with Crippen LogP contribution in [0.5, 0.6) is 0 Å². The van der Waals surface area contributed by atoms with E-state index in [9.17, 15) is 18.0 Å². The monoisotopic (exact) mass is 344 g/mol. The Balaban J connectivity index is 1.83. The largest absolute Gasteiger partial charge is 0.433 e. The van der Waals surface area contributed by atoms with Crippen molar-refractivity contribution in [3.8, 4) is 10.6 Å². The van der Waals surface area contributed by atoms with E-state index in [1.54, 1.807) is 17.0 Å². The number of piperazine rings is 1. The molecule has 0 bridgehead atoms. The summed E-state index contributed by atoms with van der Waals surface area (Å²) in [7, 11) is 1.26. The molecule has 1 amide bonds. The van der Waals surface area contributed by atoms with Gasteiger partial charge in [0, 0.05) is 33.2 Å². The number of amides is 1. The SMILES string of the molecule is Cn1nc(-c2ccc(C(=O)N3CCNCC3)s2)cc1C(F)(F)F. The maximum atomic E-state index is 12.8. The van der Waals surface area contributed by atoms with Gasteiger partial charge in [-0.1, -0.05) is 0 Å². The summed E-state index contributed by atoms with van der Waals surface area (Å²) in [6.45, 7) is 2.76. The molecule has 0 radical (unpaired) electrons. The molecule has 2 aromatic rings. The predicted octanol–water partition coefficient (Wildman–Crippen LogP) is 2.21. The van der Waals surface area contributed by atoms with Gasteiger partial charge >= 0.3 is 6.18 Å². The van der Waals surface area contributed by atoms with Crippen molar-refractivity contribution in [1.29, 1.82) is 0 Å². The highest BCUT2D eigenvalue weighted by molar-refractivity contribution is 7.17. The van der Waals surface area contributed by atoms with E-state index in [2.05, 4.69) is 10.4 Å². The molecule has 1 N–H and O–H groups in total. The van der Waals surface area contributed by atoms with Crippen LogP contribution in [0.25, 0.3) is 10.6 Å². The molecule has 5 nitrogen and oxygen atoms in total. The van der Waals surface area contributed by atoms with E-state index in [0.29, 0.717) is 22.8 Å². The normalized spacial score (nSPS) is 15.9. The molecule has 1 aliphatic heterocycles. The Labute approximate surface area is 134 Å². The van der Waals surface area contributed by atoms with Crippen LogP contribution in [0.15, 0.2) is 18.2 Å². The van der Waals surface area contributed by atoms with Gasteiger partial charge in [0.1, 0.15) is 11.4 Å². The molecular weight excluding hydrogens is 329 g/mol. The second-order valence-electron chi connectivity index (χ2n) is 5.24. The molecule has 23 heavy (non-hydrogen) atoms. The summed E-state index contributed by atoms with van der Waals surface area (Å²) < 4.78 is 39.3. The van der Waals surface area contributed by atoms with Gasteiger partial charge in [0.25, 0.3) is 5.91 Å². The minimum absolute atomic E-state index is 0.0882. The number of alkyl halides is 3. The first kappa shape index (κ1) is 16.0. The molecule has 2 aromatic heterocycles. The van der Waals surface area contributed by atoms with Crippen molar-refractivity contribution in [3.63, 3.8) is 0 Å². The van der Waals surface area contributed by atoms with Gasteiger partial charge in [0.15, 0.2) is 0 Å². The maximum Gasteiger partial charge on any atom is 0.433 e. The molecule has 0 atom stereocenters. The Kier molecular flexibility index (Phi) is 4.15. The van der Waals surface area contributed by atoms with Gasteiger partial charge < -0.3 is 10.2 Å². The first-order valence-corrected chi connectivity index (χ1v) is 7.89. The lowest BCUT2D eigenvalue weighted by atomic mass is 10.3. The molecule has 0 unspecified atom stereocenters. The van der Waals surface area contributed by atoms with Gasteiger partial charge in [0.05, 0.1) is 9.75 Å². The molecule has 0 spiro atoms. The van der Waals surface area contributed by atoms with Gasteiger partial charge in [-0.3, -0.25) is 9.48 Å². The number of halogens is 3. The smallest absolute Gasteiger partial charge is 0.335 e. The number of hydrogen-bond donors (Lipinski definition) is 1. The number of nitrogens with zero attached hydrogens (tertiary/aromatic N) is 3.